The molecular weight excluding hydrogens is 460 g/mol. The van der Waals surface area contributed by atoms with Gasteiger partial charge in [0.05, 0.1) is 10.5 Å². The monoisotopic (exact) mass is 474 g/mol. The van der Waals surface area contributed by atoms with Gasteiger partial charge in [-0.05, 0) is 48.5 Å². The normalized spacial score (nSPS) is 13.0. The van der Waals surface area contributed by atoms with Crippen LogP contribution in [-0.2, 0) is 9.84 Å². The number of nitrogens with zero attached hydrogens (tertiary/aromatic N) is 1. The second-order valence-corrected chi connectivity index (χ2v) is 8.97. The Balaban J connectivity index is 1.51. The zero-order valence-corrected chi connectivity index (χ0v) is 17.4. The molecule has 1 N–H and O–H groups in total. The van der Waals surface area contributed by atoms with Gasteiger partial charge in [0.25, 0.3) is 5.91 Å². The van der Waals surface area contributed by atoms with Gasteiger partial charge in [-0.2, -0.15) is 0 Å². The first-order valence-electron chi connectivity index (χ1n) is 8.61. The van der Waals surface area contributed by atoms with E-state index in [4.69, 9.17) is 9.47 Å². The average molecular weight is 475 g/mol. The van der Waals surface area contributed by atoms with Gasteiger partial charge in [-0.1, -0.05) is 15.9 Å². The third-order valence-corrected chi connectivity index (χ3v) is 6.41. The minimum absolute atomic E-state index is 0.127. The summed E-state index contributed by atoms with van der Waals surface area (Å²) in [5.74, 6) is 0.767. The van der Waals surface area contributed by atoms with E-state index in [0.29, 0.717) is 30.4 Å². The smallest absolute Gasteiger partial charge is 0.257 e. The fourth-order valence-corrected chi connectivity index (χ4v) is 4.17. The molecule has 9 heteroatoms. The molecule has 148 valence electrons. The summed E-state index contributed by atoms with van der Waals surface area (Å²) in [6, 6.07) is 14.1. The molecule has 2 aromatic carbocycles. The standard InChI is InChI=1S/C20H15BrN2O5S/c21-14-2-5-16(6-3-14)29(25,26)19-8-1-13(12-22-19)20(24)23-15-4-7-17-18(11-15)28-10-9-27-17/h1-8,11-12H,9-10H2,(H,23,24). The molecular formula is C20H15BrN2O5S. The Bertz CT molecular complexity index is 1160. The van der Waals surface area contributed by atoms with Gasteiger partial charge in [0, 0.05) is 22.4 Å². The van der Waals surface area contributed by atoms with Crippen molar-refractivity contribution in [3.63, 3.8) is 0 Å². The molecule has 0 radical (unpaired) electrons. The Morgan fingerprint density at radius 1 is 0.966 bits per heavy atom. The Morgan fingerprint density at radius 2 is 1.69 bits per heavy atom. The molecule has 1 aliphatic rings. The van der Waals surface area contributed by atoms with Gasteiger partial charge < -0.3 is 14.8 Å². The van der Waals surface area contributed by atoms with Gasteiger partial charge >= 0.3 is 0 Å². The highest BCUT2D eigenvalue weighted by molar-refractivity contribution is 9.10. The van der Waals surface area contributed by atoms with Gasteiger partial charge in [0.1, 0.15) is 13.2 Å². The number of hydrogen-bond donors (Lipinski definition) is 1. The maximum Gasteiger partial charge on any atom is 0.257 e. The van der Waals surface area contributed by atoms with Crippen molar-refractivity contribution < 1.29 is 22.7 Å². The number of sulfone groups is 1. The van der Waals surface area contributed by atoms with Gasteiger partial charge in [0.15, 0.2) is 16.5 Å². The second kappa shape index (κ2) is 7.84. The molecule has 0 spiro atoms. The van der Waals surface area contributed by atoms with Gasteiger partial charge in [0.2, 0.25) is 9.84 Å². The second-order valence-electron chi connectivity index (χ2n) is 6.16. The molecule has 4 rings (SSSR count). The molecule has 1 amide bonds. The van der Waals surface area contributed by atoms with Crippen molar-refractivity contribution in [1.82, 2.24) is 4.98 Å². The summed E-state index contributed by atoms with van der Waals surface area (Å²) in [7, 11) is -3.76. The first kappa shape index (κ1) is 19.4. The Kier molecular flexibility index (Phi) is 5.25. The number of hydrogen-bond acceptors (Lipinski definition) is 6. The molecule has 0 bridgehead atoms. The number of ether oxygens (including phenoxy) is 2. The predicted molar refractivity (Wildman–Crippen MR) is 109 cm³/mol. The SMILES string of the molecule is O=C(Nc1ccc2c(c1)OCCO2)c1ccc(S(=O)(=O)c2ccc(Br)cc2)nc1. The average Bonchev–Trinajstić information content (AvgIpc) is 2.74. The molecule has 1 aliphatic heterocycles. The Morgan fingerprint density at radius 3 is 2.38 bits per heavy atom. The minimum Gasteiger partial charge on any atom is -0.486 e. The van der Waals surface area contributed by atoms with E-state index in [1.807, 2.05) is 0 Å². The van der Waals surface area contributed by atoms with E-state index in [9.17, 15) is 13.2 Å². The van der Waals surface area contributed by atoms with Crippen LogP contribution in [0.5, 0.6) is 11.5 Å². The highest BCUT2D eigenvalue weighted by Gasteiger charge is 2.20. The van der Waals surface area contributed by atoms with E-state index >= 15 is 0 Å². The first-order chi connectivity index (χ1) is 13.9. The number of amides is 1. The van der Waals surface area contributed by atoms with Gasteiger partial charge in [-0.3, -0.25) is 4.79 Å². The molecule has 0 saturated heterocycles. The zero-order valence-electron chi connectivity index (χ0n) is 15.0. The van der Waals surface area contributed by atoms with Crippen LogP contribution in [0.1, 0.15) is 10.4 Å². The molecule has 0 aliphatic carbocycles. The lowest BCUT2D eigenvalue weighted by Crippen LogP contribution is -2.16. The van der Waals surface area contributed by atoms with Crippen LogP contribution in [-0.4, -0.2) is 32.5 Å². The van der Waals surface area contributed by atoms with Crippen molar-refractivity contribution in [3.05, 3.63) is 70.8 Å². The van der Waals surface area contributed by atoms with E-state index < -0.39 is 15.7 Å². The number of carbonyl (C=O) groups excluding carboxylic acids is 1. The first-order valence-corrected chi connectivity index (χ1v) is 10.9. The van der Waals surface area contributed by atoms with Crippen molar-refractivity contribution in [2.75, 3.05) is 18.5 Å². The van der Waals surface area contributed by atoms with E-state index in [-0.39, 0.29) is 15.5 Å². The van der Waals surface area contributed by atoms with Crippen LogP contribution in [0.2, 0.25) is 0 Å². The van der Waals surface area contributed by atoms with Crippen LogP contribution in [0.15, 0.2) is 75.2 Å². The van der Waals surface area contributed by atoms with Crippen molar-refractivity contribution in [2.45, 2.75) is 9.92 Å². The number of rotatable bonds is 4. The predicted octanol–water partition coefficient (Wildman–Crippen LogP) is 3.70. The molecule has 0 fully saturated rings. The highest BCUT2D eigenvalue weighted by Crippen LogP contribution is 2.32. The molecule has 7 nitrogen and oxygen atoms in total. The zero-order chi connectivity index (χ0) is 20.4. The largest absolute Gasteiger partial charge is 0.486 e. The molecule has 0 unspecified atom stereocenters. The minimum atomic E-state index is -3.76. The molecule has 1 aromatic heterocycles. The number of aromatic nitrogens is 1. The third kappa shape index (κ3) is 4.10. The van der Waals surface area contributed by atoms with Gasteiger partial charge in [-0.15, -0.1) is 0 Å². The third-order valence-electron chi connectivity index (χ3n) is 4.20. The lowest BCUT2D eigenvalue weighted by molar-refractivity contribution is 0.102. The van der Waals surface area contributed by atoms with E-state index in [0.717, 1.165) is 4.47 Å². The summed E-state index contributed by atoms with van der Waals surface area (Å²) in [6.07, 6.45) is 1.24. The number of anilines is 1. The number of fused-ring (bicyclic) bond motifs is 1. The number of benzene rings is 2. The maximum absolute atomic E-state index is 12.6. The lowest BCUT2D eigenvalue weighted by atomic mass is 10.2. The summed E-state index contributed by atoms with van der Waals surface area (Å²) in [5, 5.41) is 2.61. The van der Waals surface area contributed by atoms with Crippen LogP contribution in [0.4, 0.5) is 5.69 Å². The topological polar surface area (TPSA) is 94.6 Å². The van der Waals surface area contributed by atoms with Crippen LogP contribution >= 0.6 is 15.9 Å². The Hall–Kier alpha value is -2.91. The lowest BCUT2D eigenvalue weighted by Gasteiger charge is -2.19. The number of pyridine rings is 1. The molecule has 0 atom stereocenters. The van der Waals surface area contributed by atoms with Crippen molar-refractivity contribution in [1.29, 1.82) is 0 Å². The van der Waals surface area contributed by atoms with Crippen LogP contribution in [0.25, 0.3) is 0 Å². The van der Waals surface area contributed by atoms with Crippen molar-refractivity contribution in [2.24, 2.45) is 0 Å². The number of halogens is 1. The molecule has 0 saturated carbocycles. The number of nitrogens with one attached hydrogen (secondary N) is 1. The van der Waals surface area contributed by atoms with Gasteiger partial charge in [-0.25, -0.2) is 13.4 Å². The summed E-state index contributed by atoms with van der Waals surface area (Å²) in [6.45, 7) is 0.933. The summed E-state index contributed by atoms with van der Waals surface area (Å²) < 4.78 is 37.0. The summed E-state index contributed by atoms with van der Waals surface area (Å²) >= 11 is 3.27. The number of carbonyl (C=O) groups is 1. The van der Waals surface area contributed by atoms with Crippen molar-refractivity contribution in [3.8, 4) is 11.5 Å². The van der Waals surface area contributed by atoms with Crippen LogP contribution in [0, 0.1) is 0 Å². The quantitative estimate of drug-likeness (QED) is 0.619. The highest BCUT2D eigenvalue weighted by atomic mass is 79.9. The molecule has 29 heavy (non-hydrogen) atoms. The summed E-state index contributed by atoms with van der Waals surface area (Å²) in [4.78, 5) is 16.6. The fraction of sp³-hybridized carbons (Fsp3) is 0.100. The van der Waals surface area contributed by atoms with E-state index in [1.165, 1.54) is 30.5 Å². The molecule has 3 aromatic rings. The van der Waals surface area contributed by atoms with E-state index in [1.54, 1.807) is 30.3 Å². The van der Waals surface area contributed by atoms with Crippen LogP contribution in [0.3, 0.4) is 0 Å². The van der Waals surface area contributed by atoms with Crippen LogP contribution < -0.4 is 14.8 Å². The maximum atomic E-state index is 12.6. The van der Waals surface area contributed by atoms with E-state index in [2.05, 4.69) is 26.2 Å². The summed E-state index contributed by atoms with van der Waals surface area (Å²) in [5.41, 5.74) is 0.764. The molecule has 2 heterocycles. The fourth-order valence-electron chi connectivity index (χ4n) is 2.73. The Labute approximate surface area is 175 Å². The van der Waals surface area contributed by atoms with Crippen molar-refractivity contribution >= 4 is 37.4 Å².